The number of Topliss-reactive ketones (excluding diaryl/α,β-unsaturated/α-hetero) is 1. The van der Waals surface area contributed by atoms with E-state index in [9.17, 15) is 4.79 Å². The Labute approximate surface area is 247 Å². The Balaban J connectivity index is 0.00000147. The zero-order valence-corrected chi connectivity index (χ0v) is 26.2. The molecular weight excluding hydrogens is 557 g/mol. The molecule has 1 aliphatic heterocycles. The maximum atomic E-state index is 13.6. The third kappa shape index (κ3) is 9.59. The molecule has 1 aromatic heterocycles. The van der Waals surface area contributed by atoms with Gasteiger partial charge in [-0.2, -0.15) is 8.42 Å². The summed E-state index contributed by atoms with van der Waals surface area (Å²) in [7, 11) is 0.565. The molecule has 0 atom stereocenters. The average molecular weight is 597 g/mol. The Morgan fingerprint density at radius 2 is 1.98 bits per heavy atom. The number of allylic oxidation sites excluding steroid dienone is 2. The van der Waals surface area contributed by atoms with Crippen LogP contribution < -0.4 is 10.6 Å². The molecule has 0 amide bonds. The summed E-state index contributed by atoms with van der Waals surface area (Å²) in [6.45, 7) is 16.9. The predicted octanol–water partition coefficient (Wildman–Crippen LogP) is 4.72. The second kappa shape index (κ2) is 15.6. The summed E-state index contributed by atoms with van der Waals surface area (Å²) in [5.74, 6) is 1.58. The number of rotatable bonds is 10. The van der Waals surface area contributed by atoms with Gasteiger partial charge in [0.15, 0.2) is 5.96 Å². The van der Waals surface area contributed by atoms with Gasteiger partial charge in [-0.25, -0.2) is 0 Å². The van der Waals surface area contributed by atoms with Crippen molar-refractivity contribution in [1.29, 1.82) is 0 Å². The number of aromatic nitrogens is 2. The van der Waals surface area contributed by atoms with E-state index in [0.717, 1.165) is 43.5 Å². The number of nitrogens with one attached hydrogen (secondary N) is 2. The van der Waals surface area contributed by atoms with Gasteiger partial charge in [0, 0.05) is 53.4 Å². The number of guanidine groups is 1. The van der Waals surface area contributed by atoms with Gasteiger partial charge in [0.25, 0.3) is 11.6 Å². The minimum atomic E-state index is -1.21. The molecule has 2 N–H and O–H groups in total. The highest BCUT2D eigenvalue weighted by Crippen LogP contribution is 2.32. The highest BCUT2D eigenvalue weighted by atomic mass is 32.1. The number of carbonyl (C=O) groups excluding carboxylic acids is 1. The quantitative estimate of drug-likeness (QED) is 0.176. The molecular formula is C29H40N6O4SSi. The molecule has 0 saturated carbocycles. The van der Waals surface area contributed by atoms with E-state index in [1.54, 1.807) is 17.8 Å². The number of ketones is 1. The highest BCUT2D eigenvalue weighted by Gasteiger charge is 2.24. The maximum absolute atomic E-state index is 13.6. The molecule has 0 spiro atoms. The van der Waals surface area contributed by atoms with Crippen LogP contribution in [0.2, 0.25) is 25.7 Å². The van der Waals surface area contributed by atoms with Crippen molar-refractivity contribution in [2.45, 2.75) is 70.4 Å². The molecule has 41 heavy (non-hydrogen) atoms. The standard InChI is InChI=1S/C29H40N6O2Si.O2S/c1-30-27-19-35(20-37-13-14-38(3,4)5)28(34-27)26(36)16-23-12-11-22(24-17-32-29(31-2)33-18-24)15-25(23)21-9-7-6-8-10-21;1-3-2/h9,11-12,15,19,24H,6-8,10,13-14,16-18,20H2,2-5H3,(H2,31,32,33);. The van der Waals surface area contributed by atoms with E-state index >= 15 is 0 Å². The minimum Gasteiger partial charge on any atom is -0.361 e. The number of hydrogen-bond donors (Lipinski definition) is 2. The Morgan fingerprint density at radius 3 is 2.59 bits per heavy atom. The summed E-state index contributed by atoms with van der Waals surface area (Å²) in [6, 6.07) is 7.57. The Hall–Kier alpha value is -3.40. The Morgan fingerprint density at radius 1 is 1.24 bits per heavy atom. The van der Waals surface area contributed by atoms with Crippen molar-refractivity contribution < 1.29 is 17.9 Å². The molecule has 2 aromatic rings. The first-order valence-corrected chi connectivity index (χ1v) is 18.3. The summed E-state index contributed by atoms with van der Waals surface area (Å²) < 4.78 is 24.2. The van der Waals surface area contributed by atoms with Crippen LogP contribution in [0.5, 0.6) is 0 Å². The van der Waals surface area contributed by atoms with E-state index < -0.39 is 19.6 Å². The number of nitrogens with zero attached hydrogens (tertiary/aromatic N) is 4. The normalized spacial score (nSPS) is 16.7. The molecule has 1 fully saturated rings. The van der Waals surface area contributed by atoms with Crippen LogP contribution in [0.1, 0.15) is 58.9 Å². The number of imidazole rings is 1. The van der Waals surface area contributed by atoms with Gasteiger partial charge in [-0.05, 0) is 54.0 Å². The molecule has 0 bridgehead atoms. The van der Waals surface area contributed by atoms with Crippen molar-refractivity contribution >= 4 is 42.8 Å². The molecule has 220 valence electrons. The fourth-order valence-corrected chi connectivity index (χ4v) is 5.68. The molecule has 2 aliphatic rings. The van der Waals surface area contributed by atoms with Crippen LogP contribution in [0, 0.1) is 6.57 Å². The van der Waals surface area contributed by atoms with Gasteiger partial charge in [0.05, 0.1) is 0 Å². The molecule has 2 heterocycles. The Bertz CT molecular complexity index is 1340. The lowest BCUT2D eigenvalue weighted by Crippen LogP contribution is -2.48. The van der Waals surface area contributed by atoms with Crippen molar-refractivity contribution in [3.8, 4) is 0 Å². The van der Waals surface area contributed by atoms with Crippen LogP contribution in [-0.4, -0.2) is 64.5 Å². The number of benzene rings is 1. The summed E-state index contributed by atoms with van der Waals surface area (Å²) in [6.07, 6.45) is 8.67. The van der Waals surface area contributed by atoms with Crippen LogP contribution in [0.25, 0.3) is 10.4 Å². The van der Waals surface area contributed by atoms with Crippen LogP contribution in [0.3, 0.4) is 0 Å². The lowest BCUT2D eigenvalue weighted by atomic mass is 9.85. The molecule has 10 nitrogen and oxygen atoms in total. The van der Waals surface area contributed by atoms with E-state index in [0.29, 0.717) is 18.3 Å². The van der Waals surface area contributed by atoms with E-state index in [1.807, 2.05) is 0 Å². The molecule has 1 saturated heterocycles. The van der Waals surface area contributed by atoms with Crippen LogP contribution >= 0.6 is 0 Å². The monoisotopic (exact) mass is 596 g/mol. The van der Waals surface area contributed by atoms with E-state index in [2.05, 4.69) is 69.4 Å². The van der Waals surface area contributed by atoms with Crippen molar-refractivity contribution in [3.63, 3.8) is 0 Å². The van der Waals surface area contributed by atoms with Gasteiger partial charge < -0.3 is 20.2 Å². The first-order chi connectivity index (χ1) is 19.7. The van der Waals surface area contributed by atoms with Crippen molar-refractivity contribution in [3.05, 3.63) is 64.4 Å². The third-order valence-electron chi connectivity index (χ3n) is 7.20. The lowest BCUT2D eigenvalue weighted by Gasteiger charge is -2.27. The lowest BCUT2D eigenvalue weighted by molar-refractivity contribution is 0.0799. The zero-order valence-electron chi connectivity index (χ0n) is 24.4. The fourth-order valence-electron chi connectivity index (χ4n) is 4.92. The molecule has 1 aromatic carbocycles. The minimum absolute atomic E-state index is 0.0936. The highest BCUT2D eigenvalue weighted by molar-refractivity contribution is 7.51. The molecule has 4 rings (SSSR count). The van der Waals surface area contributed by atoms with Crippen molar-refractivity contribution in [1.82, 2.24) is 20.2 Å². The van der Waals surface area contributed by atoms with Crippen molar-refractivity contribution in [2.75, 3.05) is 26.7 Å². The first kappa shape index (κ1) is 32.1. The summed E-state index contributed by atoms with van der Waals surface area (Å²) >= 11 is -0.750. The third-order valence-corrected chi connectivity index (χ3v) is 8.91. The summed E-state index contributed by atoms with van der Waals surface area (Å²) in [5.41, 5.74) is 4.76. The second-order valence-corrected chi connectivity index (χ2v) is 17.2. The maximum Gasteiger partial charge on any atom is 0.335 e. The smallest absolute Gasteiger partial charge is 0.335 e. The van der Waals surface area contributed by atoms with Crippen LogP contribution in [0.4, 0.5) is 5.82 Å². The molecule has 0 radical (unpaired) electrons. The van der Waals surface area contributed by atoms with Gasteiger partial charge in [-0.15, -0.1) is 0 Å². The number of hydrogen-bond acceptors (Lipinski definition) is 6. The number of carbonyl (C=O) groups is 1. The topological polar surface area (TPSA) is 119 Å². The molecule has 12 heteroatoms. The van der Waals surface area contributed by atoms with Gasteiger partial charge >= 0.3 is 11.6 Å². The van der Waals surface area contributed by atoms with Crippen LogP contribution in [-0.2, 0) is 29.5 Å². The first-order valence-electron chi connectivity index (χ1n) is 13.9. The van der Waals surface area contributed by atoms with Crippen LogP contribution in [0.15, 0.2) is 35.5 Å². The van der Waals surface area contributed by atoms with E-state index in [-0.39, 0.29) is 24.8 Å². The van der Waals surface area contributed by atoms with Gasteiger partial charge in [0.1, 0.15) is 6.73 Å². The van der Waals surface area contributed by atoms with Gasteiger partial charge in [-0.3, -0.25) is 14.4 Å². The molecule has 0 unspecified atom stereocenters. The number of ether oxygens (including phenoxy) is 1. The SMILES string of the molecule is O=S=O.[C-]#[N+]c1cn(COCC[Si](C)(C)C)c(C(=O)Cc2ccc(C3CNC(=NC)NC3)cc2C2=CCCCC2)n1. The van der Waals surface area contributed by atoms with Crippen molar-refractivity contribution in [2.24, 2.45) is 4.99 Å². The second-order valence-electron chi connectivity index (χ2n) is 11.4. The largest absolute Gasteiger partial charge is 0.361 e. The summed E-state index contributed by atoms with van der Waals surface area (Å²) in [5, 5.41) is 6.71. The zero-order chi connectivity index (χ0) is 29.8. The summed E-state index contributed by atoms with van der Waals surface area (Å²) in [4.78, 5) is 25.6. The van der Waals surface area contributed by atoms with E-state index in [1.165, 1.54) is 29.5 Å². The number of aliphatic imine (C=N–C) groups is 1. The molecule has 1 aliphatic carbocycles. The van der Waals surface area contributed by atoms with E-state index in [4.69, 9.17) is 19.7 Å². The fraction of sp³-hybridized carbons (Fsp3) is 0.517. The predicted molar refractivity (Wildman–Crippen MR) is 165 cm³/mol. The Kier molecular flexibility index (Phi) is 12.2. The van der Waals surface area contributed by atoms with Gasteiger partial charge in [0.2, 0.25) is 5.78 Å². The van der Waals surface area contributed by atoms with Gasteiger partial charge in [-0.1, -0.05) is 55.5 Å². The average Bonchev–Trinajstić information content (AvgIpc) is 3.39.